The highest BCUT2D eigenvalue weighted by Gasteiger charge is 2.23. The molecule has 8 heteroatoms. The number of carboxylic acid groups (broad SMARTS) is 1. The molecule has 1 aliphatic rings. The SMILES string of the molecule is O=C(CNC(=O)Nc1ccc(C(=O)O)c(Cl)c1)NC1CC1. The standard InChI is InChI=1S/C13H14ClN3O4/c14-10-5-8(3-4-9(10)12(19)20)17-13(21)15-6-11(18)16-7-1-2-7/h3-5,7H,1-2,6H2,(H,16,18)(H,19,20)(H2,15,17,21). The summed E-state index contributed by atoms with van der Waals surface area (Å²) in [6.45, 7) is -0.122. The number of aromatic carboxylic acids is 1. The predicted octanol–water partition coefficient (Wildman–Crippen LogP) is 1.44. The maximum Gasteiger partial charge on any atom is 0.337 e. The van der Waals surface area contributed by atoms with Gasteiger partial charge >= 0.3 is 12.0 Å². The molecule has 0 aromatic heterocycles. The molecule has 0 saturated heterocycles. The molecule has 7 nitrogen and oxygen atoms in total. The van der Waals surface area contributed by atoms with Crippen molar-refractivity contribution in [2.24, 2.45) is 0 Å². The monoisotopic (exact) mass is 311 g/mol. The zero-order valence-corrected chi connectivity index (χ0v) is 11.7. The minimum Gasteiger partial charge on any atom is -0.478 e. The Hall–Kier alpha value is -2.28. The lowest BCUT2D eigenvalue weighted by atomic mass is 10.2. The van der Waals surface area contributed by atoms with Crippen molar-refractivity contribution in [3.8, 4) is 0 Å². The van der Waals surface area contributed by atoms with Crippen molar-refractivity contribution in [3.05, 3.63) is 28.8 Å². The molecule has 1 aliphatic carbocycles. The van der Waals surface area contributed by atoms with Crippen LogP contribution in [0, 0.1) is 0 Å². The van der Waals surface area contributed by atoms with E-state index >= 15 is 0 Å². The number of benzene rings is 1. The molecule has 0 aliphatic heterocycles. The average Bonchev–Trinajstić information content (AvgIpc) is 3.20. The number of halogens is 1. The van der Waals surface area contributed by atoms with Crippen LogP contribution in [0.15, 0.2) is 18.2 Å². The summed E-state index contributed by atoms with van der Waals surface area (Å²) >= 11 is 5.78. The van der Waals surface area contributed by atoms with Crippen LogP contribution in [0.2, 0.25) is 5.02 Å². The molecule has 0 bridgehead atoms. The predicted molar refractivity (Wildman–Crippen MR) is 76.6 cm³/mol. The number of rotatable bonds is 5. The third-order valence-electron chi connectivity index (χ3n) is 2.81. The number of hydrogen-bond acceptors (Lipinski definition) is 3. The number of carbonyl (C=O) groups excluding carboxylic acids is 2. The van der Waals surface area contributed by atoms with Gasteiger partial charge in [0.2, 0.25) is 5.91 Å². The van der Waals surface area contributed by atoms with Crippen LogP contribution in [0.1, 0.15) is 23.2 Å². The molecule has 0 unspecified atom stereocenters. The summed E-state index contributed by atoms with van der Waals surface area (Å²) in [5.74, 6) is -1.39. The number of carboxylic acids is 1. The minimum atomic E-state index is -1.15. The molecule has 112 valence electrons. The van der Waals surface area contributed by atoms with Crippen LogP contribution in [0.5, 0.6) is 0 Å². The Morgan fingerprint density at radius 3 is 2.57 bits per heavy atom. The van der Waals surface area contributed by atoms with Crippen molar-refractivity contribution in [1.82, 2.24) is 10.6 Å². The van der Waals surface area contributed by atoms with Crippen molar-refractivity contribution in [1.29, 1.82) is 0 Å². The number of urea groups is 1. The van der Waals surface area contributed by atoms with Gasteiger partial charge in [0.15, 0.2) is 0 Å². The highest BCUT2D eigenvalue weighted by atomic mass is 35.5. The van der Waals surface area contributed by atoms with Gasteiger partial charge in [-0.15, -0.1) is 0 Å². The van der Waals surface area contributed by atoms with Gasteiger partial charge < -0.3 is 21.1 Å². The fourth-order valence-corrected chi connectivity index (χ4v) is 1.87. The molecule has 0 atom stereocenters. The van der Waals surface area contributed by atoms with Crippen molar-refractivity contribution in [2.75, 3.05) is 11.9 Å². The first-order valence-corrected chi connectivity index (χ1v) is 6.70. The molecule has 0 heterocycles. The van der Waals surface area contributed by atoms with Crippen molar-refractivity contribution in [2.45, 2.75) is 18.9 Å². The van der Waals surface area contributed by atoms with E-state index in [0.717, 1.165) is 12.8 Å². The maximum absolute atomic E-state index is 11.6. The lowest BCUT2D eigenvalue weighted by molar-refractivity contribution is -0.120. The second kappa shape index (κ2) is 6.45. The molecule has 1 aromatic rings. The fraction of sp³-hybridized carbons (Fsp3) is 0.308. The van der Waals surface area contributed by atoms with E-state index in [0.29, 0.717) is 5.69 Å². The highest BCUT2D eigenvalue weighted by Crippen LogP contribution is 2.21. The number of nitrogens with one attached hydrogen (secondary N) is 3. The van der Waals surface area contributed by atoms with E-state index in [1.807, 2.05) is 0 Å². The fourth-order valence-electron chi connectivity index (χ4n) is 1.61. The number of anilines is 1. The quantitative estimate of drug-likeness (QED) is 0.660. The molecule has 0 radical (unpaired) electrons. The molecular weight excluding hydrogens is 298 g/mol. The van der Waals surface area contributed by atoms with Crippen molar-refractivity contribution < 1.29 is 19.5 Å². The minimum absolute atomic E-state index is 0.0202. The van der Waals surface area contributed by atoms with Crippen LogP contribution in [0.25, 0.3) is 0 Å². The second-order valence-corrected chi connectivity index (χ2v) is 5.06. The molecule has 21 heavy (non-hydrogen) atoms. The summed E-state index contributed by atoms with van der Waals surface area (Å²) in [5.41, 5.74) is 0.288. The van der Waals surface area contributed by atoms with E-state index in [1.165, 1.54) is 18.2 Å². The maximum atomic E-state index is 11.6. The summed E-state index contributed by atoms with van der Waals surface area (Å²) in [6.07, 6.45) is 1.96. The average molecular weight is 312 g/mol. The van der Waals surface area contributed by atoms with Crippen LogP contribution < -0.4 is 16.0 Å². The lowest BCUT2D eigenvalue weighted by Gasteiger charge is -2.09. The van der Waals surface area contributed by atoms with Gasteiger partial charge in [-0.05, 0) is 31.0 Å². The molecule has 2 rings (SSSR count). The van der Waals surface area contributed by atoms with Gasteiger partial charge in [-0.3, -0.25) is 4.79 Å². The second-order valence-electron chi connectivity index (χ2n) is 4.65. The van der Waals surface area contributed by atoms with E-state index in [-0.39, 0.29) is 29.1 Å². The summed E-state index contributed by atoms with van der Waals surface area (Å²) < 4.78 is 0. The van der Waals surface area contributed by atoms with E-state index in [1.54, 1.807) is 0 Å². The Kier molecular flexibility index (Phi) is 4.64. The van der Waals surface area contributed by atoms with E-state index in [2.05, 4.69) is 16.0 Å². The Balaban J connectivity index is 1.82. The van der Waals surface area contributed by atoms with Gasteiger partial charge in [-0.2, -0.15) is 0 Å². The molecular formula is C13H14ClN3O4. The van der Waals surface area contributed by atoms with Gasteiger partial charge in [0.1, 0.15) is 0 Å². The Labute approximate surface area is 125 Å². The Morgan fingerprint density at radius 2 is 2.00 bits per heavy atom. The van der Waals surface area contributed by atoms with E-state index < -0.39 is 12.0 Å². The van der Waals surface area contributed by atoms with Crippen LogP contribution in [0.4, 0.5) is 10.5 Å². The number of amides is 3. The zero-order valence-electron chi connectivity index (χ0n) is 11.0. The Bertz CT molecular complexity index is 587. The first kappa shape index (κ1) is 15.1. The van der Waals surface area contributed by atoms with Crippen LogP contribution in [-0.2, 0) is 4.79 Å². The summed E-state index contributed by atoms with van der Waals surface area (Å²) in [6, 6.07) is 3.71. The highest BCUT2D eigenvalue weighted by molar-refractivity contribution is 6.33. The summed E-state index contributed by atoms with van der Waals surface area (Å²) in [7, 11) is 0. The van der Waals surface area contributed by atoms with Crippen LogP contribution >= 0.6 is 11.6 Å². The van der Waals surface area contributed by atoms with Crippen molar-refractivity contribution >= 4 is 35.2 Å². The third kappa shape index (κ3) is 4.64. The van der Waals surface area contributed by atoms with E-state index in [9.17, 15) is 14.4 Å². The van der Waals surface area contributed by atoms with Gasteiger partial charge in [0, 0.05) is 11.7 Å². The summed E-state index contributed by atoms with van der Waals surface area (Å²) in [4.78, 5) is 33.8. The zero-order chi connectivity index (χ0) is 15.4. The molecule has 0 spiro atoms. The topological polar surface area (TPSA) is 108 Å². The number of hydrogen-bond donors (Lipinski definition) is 4. The van der Waals surface area contributed by atoms with Gasteiger partial charge in [-0.1, -0.05) is 11.6 Å². The van der Waals surface area contributed by atoms with Crippen molar-refractivity contribution in [3.63, 3.8) is 0 Å². The third-order valence-corrected chi connectivity index (χ3v) is 3.12. The first-order valence-electron chi connectivity index (χ1n) is 6.33. The first-order chi connectivity index (χ1) is 9.95. The smallest absolute Gasteiger partial charge is 0.337 e. The van der Waals surface area contributed by atoms with E-state index in [4.69, 9.17) is 16.7 Å². The normalized spacial score (nSPS) is 13.4. The van der Waals surface area contributed by atoms with Crippen LogP contribution in [-0.4, -0.2) is 35.6 Å². The molecule has 1 saturated carbocycles. The van der Waals surface area contributed by atoms with Gasteiger partial charge in [0.25, 0.3) is 0 Å². The summed E-state index contributed by atoms with van der Waals surface area (Å²) in [5, 5.41) is 16.5. The van der Waals surface area contributed by atoms with Gasteiger partial charge in [0.05, 0.1) is 17.1 Å². The molecule has 4 N–H and O–H groups in total. The largest absolute Gasteiger partial charge is 0.478 e. The molecule has 1 aromatic carbocycles. The van der Waals surface area contributed by atoms with Gasteiger partial charge in [-0.25, -0.2) is 9.59 Å². The lowest BCUT2D eigenvalue weighted by Crippen LogP contribution is -2.39. The van der Waals surface area contributed by atoms with Crippen LogP contribution in [0.3, 0.4) is 0 Å². The number of carbonyl (C=O) groups is 3. The Morgan fingerprint density at radius 1 is 1.29 bits per heavy atom. The molecule has 3 amide bonds. The molecule has 1 fully saturated rings.